The lowest BCUT2D eigenvalue weighted by Gasteiger charge is -2.21. The van der Waals surface area contributed by atoms with Crippen LogP contribution in [0.25, 0.3) is 0 Å². The summed E-state index contributed by atoms with van der Waals surface area (Å²) in [6.45, 7) is 3.60. The number of aryl methyl sites for hydroxylation is 1. The van der Waals surface area contributed by atoms with E-state index in [-0.39, 0.29) is 11.5 Å². The van der Waals surface area contributed by atoms with Gasteiger partial charge in [-0.15, -0.1) is 0 Å². The molecule has 94 valence electrons. The summed E-state index contributed by atoms with van der Waals surface area (Å²) in [5, 5.41) is 0. The molecule has 0 fully saturated rings. The lowest BCUT2D eigenvalue weighted by molar-refractivity contribution is 0.0760. The van der Waals surface area contributed by atoms with Crippen molar-refractivity contribution < 1.29 is 4.79 Å². The predicted octanol–water partition coefficient (Wildman–Crippen LogP) is 0.196. The van der Waals surface area contributed by atoms with Gasteiger partial charge in [-0.25, -0.2) is 0 Å². The van der Waals surface area contributed by atoms with Crippen molar-refractivity contribution in [2.45, 2.75) is 13.3 Å². The standard InChI is InChI=1S/C12H19N3O2/c1-3-6-15(8-5-13)12(17)10-4-7-14(2)11(16)9-10/h4,7,9H,3,5-6,8,13H2,1-2H3. The fraction of sp³-hybridized carbons (Fsp3) is 0.500. The van der Waals surface area contributed by atoms with Crippen LogP contribution in [0.4, 0.5) is 0 Å². The Bertz CT molecular complexity index is 434. The number of nitrogens with two attached hydrogens (primary N) is 1. The quantitative estimate of drug-likeness (QED) is 0.795. The van der Waals surface area contributed by atoms with Crippen LogP contribution in [-0.2, 0) is 7.05 Å². The zero-order valence-electron chi connectivity index (χ0n) is 10.3. The normalized spacial score (nSPS) is 10.3. The van der Waals surface area contributed by atoms with E-state index in [4.69, 9.17) is 5.73 Å². The fourth-order valence-corrected chi connectivity index (χ4v) is 1.60. The van der Waals surface area contributed by atoms with E-state index in [9.17, 15) is 9.59 Å². The molecule has 0 unspecified atom stereocenters. The van der Waals surface area contributed by atoms with Gasteiger partial charge in [-0.2, -0.15) is 0 Å². The number of aromatic nitrogens is 1. The summed E-state index contributed by atoms with van der Waals surface area (Å²) < 4.78 is 1.43. The molecule has 0 aliphatic rings. The van der Waals surface area contributed by atoms with Gasteiger partial charge in [0.05, 0.1) is 0 Å². The maximum atomic E-state index is 12.1. The summed E-state index contributed by atoms with van der Waals surface area (Å²) in [5.41, 5.74) is 5.72. The summed E-state index contributed by atoms with van der Waals surface area (Å²) in [7, 11) is 1.65. The molecule has 1 aromatic heterocycles. The van der Waals surface area contributed by atoms with Crippen LogP contribution >= 0.6 is 0 Å². The molecule has 1 rings (SSSR count). The minimum absolute atomic E-state index is 0.130. The number of carbonyl (C=O) groups is 1. The van der Waals surface area contributed by atoms with Crippen molar-refractivity contribution >= 4 is 5.91 Å². The number of nitrogens with zero attached hydrogens (tertiary/aromatic N) is 2. The first-order valence-corrected chi connectivity index (χ1v) is 5.76. The zero-order valence-corrected chi connectivity index (χ0v) is 10.3. The molecule has 5 nitrogen and oxygen atoms in total. The van der Waals surface area contributed by atoms with Gasteiger partial charge in [-0.1, -0.05) is 6.92 Å². The van der Waals surface area contributed by atoms with Gasteiger partial charge in [0.25, 0.3) is 11.5 Å². The van der Waals surface area contributed by atoms with Crippen LogP contribution in [0.1, 0.15) is 23.7 Å². The summed E-state index contributed by atoms with van der Waals surface area (Å²) in [4.78, 5) is 25.2. The topological polar surface area (TPSA) is 68.3 Å². The molecule has 1 amide bonds. The molecule has 0 aromatic carbocycles. The average Bonchev–Trinajstić information content (AvgIpc) is 2.31. The van der Waals surface area contributed by atoms with Crippen LogP contribution in [0, 0.1) is 0 Å². The molecule has 5 heteroatoms. The Balaban J connectivity index is 2.92. The Morgan fingerprint density at radius 3 is 2.71 bits per heavy atom. The van der Waals surface area contributed by atoms with Crippen LogP contribution in [0.5, 0.6) is 0 Å². The van der Waals surface area contributed by atoms with Crippen molar-refractivity contribution in [3.8, 4) is 0 Å². The van der Waals surface area contributed by atoms with Gasteiger partial charge in [0.2, 0.25) is 0 Å². The molecule has 0 saturated carbocycles. The summed E-state index contributed by atoms with van der Waals surface area (Å²) in [6, 6.07) is 3.02. The molecular formula is C12H19N3O2. The molecule has 2 N–H and O–H groups in total. The monoisotopic (exact) mass is 237 g/mol. The average molecular weight is 237 g/mol. The highest BCUT2D eigenvalue weighted by Crippen LogP contribution is 2.02. The summed E-state index contributed by atoms with van der Waals surface area (Å²) in [6.07, 6.45) is 2.47. The maximum Gasteiger partial charge on any atom is 0.254 e. The van der Waals surface area contributed by atoms with Crippen LogP contribution in [0.15, 0.2) is 23.1 Å². The number of amides is 1. The van der Waals surface area contributed by atoms with E-state index in [0.29, 0.717) is 25.2 Å². The molecule has 0 aliphatic carbocycles. The number of hydrogen-bond donors (Lipinski definition) is 1. The van der Waals surface area contributed by atoms with Crippen LogP contribution < -0.4 is 11.3 Å². The van der Waals surface area contributed by atoms with E-state index < -0.39 is 0 Å². The molecule has 1 heterocycles. The second-order valence-corrected chi connectivity index (χ2v) is 3.95. The largest absolute Gasteiger partial charge is 0.337 e. The van der Waals surface area contributed by atoms with Crippen LogP contribution in [0.2, 0.25) is 0 Å². The second kappa shape index (κ2) is 6.20. The molecule has 0 bridgehead atoms. The molecule has 0 spiro atoms. The molecule has 0 atom stereocenters. The first-order chi connectivity index (χ1) is 8.10. The third-order valence-corrected chi connectivity index (χ3v) is 2.53. The summed E-state index contributed by atoms with van der Waals surface area (Å²) >= 11 is 0. The summed E-state index contributed by atoms with van der Waals surface area (Å²) in [5.74, 6) is -0.130. The van der Waals surface area contributed by atoms with Gasteiger partial charge in [0.1, 0.15) is 0 Å². The first-order valence-electron chi connectivity index (χ1n) is 5.76. The van der Waals surface area contributed by atoms with E-state index >= 15 is 0 Å². The van der Waals surface area contributed by atoms with Gasteiger partial charge < -0.3 is 15.2 Å². The minimum atomic E-state index is -0.181. The molecule has 0 aliphatic heterocycles. The number of pyridine rings is 1. The van der Waals surface area contributed by atoms with Gasteiger partial charge in [0, 0.05) is 44.5 Å². The van der Waals surface area contributed by atoms with Crippen molar-refractivity contribution in [3.05, 3.63) is 34.2 Å². The predicted molar refractivity (Wildman–Crippen MR) is 66.9 cm³/mol. The first kappa shape index (κ1) is 13.4. The SMILES string of the molecule is CCCN(CCN)C(=O)c1ccn(C)c(=O)c1. The lowest BCUT2D eigenvalue weighted by Crippen LogP contribution is -2.36. The fourth-order valence-electron chi connectivity index (χ4n) is 1.60. The highest BCUT2D eigenvalue weighted by molar-refractivity contribution is 5.94. The Labute approximate surface area is 101 Å². The molecule has 0 radical (unpaired) electrons. The van der Waals surface area contributed by atoms with E-state index in [1.807, 2.05) is 6.92 Å². The third kappa shape index (κ3) is 3.42. The van der Waals surface area contributed by atoms with Crippen molar-refractivity contribution in [1.82, 2.24) is 9.47 Å². The molecular weight excluding hydrogens is 218 g/mol. The van der Waals surface area contributed by atoms with Crippen LogP contribution in [0.3, 0.4) is 0 Å². The Hall–Kier alpha value is -1.62. The second-order valence-electron chi connectivity index (χ2n) is 3.95. The van der Waals surface area contributed by atoms with Gasteiger partial charge >= 0.3 is 0 Å². The van der Waals surface area contributed by atoms with Gasteiger partial charge in [-0.05, 0) is 12.5 Å². The highest BCUT2D eigenvalue weighted by Gasteiger charge is 2.14. The molecule has 1 aromatic rings. The van der Waals surface area contributed by atoms with E-state index in [1.54, 1.807) is 24.2 Å². The van der Waals surface area contributed by atoms with Crippen LogP contribution in [-0.4, -0.2) is 35.0 Å². The van der Waals surface area contributed by atoms with Gasteiger partial charge in [-0.3, -0.25) is 9.59 Å². The number of hydrogen-bond acceptors (Lipinski definition) is 3. The van der Waals surface area contributed by atoms with Crippen molar-refractivity contribution in [3.63, 3.8) is 0 Å². The molecule has 0 saturated heterocycles. The Morgan fingerprint density at radius 1 is 1.47 bits per heavy atom. The maximum absolute atomic E-state index is 12.1. The number of rotatable bonds is 5. The number of carbonyl (C=O) groups excluding carboxylic acids is 1. The zero-order chi connectivity index (χ0) is 12.8. The van der Waals surface area contributed by atoms with Crippen molar-refractivity contribution in [1.29, 1.82) is 0 Å². The third-order valence-electron chi connectivity index (χ3n) is 2.53. The molecule has 17 heavy (non-hydrogen) atoms. The van der Waals surface area contributed by atoms with E-state index in [2.05, 4.69) is 0 Å². The van der Waals surface area contributed by atoms with Crippen molar-refractivity contribution in [2.24, 2.45) is 12.8 Å². The smallest absolute Gasteiger partial charge is 0.254 e. The highest BCUT2D eigenvalue weighted by atomic mass is 16.2. The lowest BCUT2D eigenvalue weighted by atomic mass is 10.2. The van der Waals surface area contributed by atoms with E-state index in [0.717, 1.165) is 6.42 Å². The van der Waals surface area contributed by atoms with E-state index in [1.165, 1.54) is 10.6 Å². The van der Waals surface area contributed by atoms with Gasteiger partial charge in [0.15, 0.2) is 0 Å². The van der Waals surface area contributed by atoms with Crippen molar-refractivity contribution in [2.75, 3.05) is 19.6 Å². The Kier molecular flexibility index (Phi) is 4.90. The Morgan fingerprint density at radius 2 is 2.18 bits per heavy atom. The minimum Gasteiger partial charge on any atom is -0.337 e.